The van der Waals surface area contributed by atoms with Crippen molar-refractivity contribution >= 4 is 0 Å². The molecule has 20 heavy (non-hydrogen) atoms. The molecule has 4 nitrogen and oxygen atoms in total. The predicted octanol–water partition coefficient (Wildman–Crippen LogP) is 1.67. The van der Waals surface area contributed by atoms with Crippen molar-refractivity contribution in [1.82, 2.24) is 9.88 Å². The monoisotopic (exact) mass is 276 g/mol. The number of hydrogen-bond acceptors (Lipinski definition) is 4. The summed E-state index contributed by atoms with van der Waals surface area (Å²) in [4.78, 5) is 6.48. The van der Waals surface area contributed by atoms with Crippen LogP contribution in [-0.2, 0) is 5.60 Å². The van der Waals surface area contributed by atoms with Crippen molar-refractivity contribution in [3.63, 3.8) is 0 Å². The molecule has 1 aromatic rings. The molecule has 2 fully saturated rings. The predicted molar refractivity (Wildman–Crippen MR) is 77.2 cm³/mol. The van der Waals surface area contributed by atoms with Crippen LogP contribution in [0.1, 0.15) is 44.1 Å². The van der Waals surface area contributed by atoms with Gasteiger partial charge < -0.3 is 10.2 Å². The third-order valence-electron chi connectivity index (χ3n) is 4.99. The first kappa shape index (κ1) is 14.0. The van der Waals surface area contributed by atoms with Crippen LogP contribution in [0, 0.1) is 0 Å². The number of likely N-dealkylation sites (tertiary alicyclic amines) is 1. The van der Waals surface area contributed by atoms with Gasteiger partial charge in [0.25, 0.3) is 0 Å². The van der Waals surface area contributed by atoms with Crippen LogP contribution in [0.4, 0.5) is 0 Å². The second-order valence-corrected chi connectivity index (χ2v) is 6.23. The zero-order valence-electron chi connectivity index (χ0n) is 11.9. The van der Waals surface area contributed by atoms with E-state index in [1.807, 2.05) is 12.1 Å². The molecule has 1 saturated carbocycles. The smallest absolute Gasteiger partial charge is 0.0935 e. The molecule has 0 spiro atoms. The van der Waals surface area contributed by atoms with Crippen molar-refractivity contribution in [2.75, 3.05) is 13.1 Å². The Bertz CT molecular complexity index is 429. The number of rotatable bonds is 2. The standard InChI is InChI=1S/C16H24N2O2/c19-15-6-2-1-5-14(15)18-10-7-16(20,8-11-18)13-4-3-9-17-12-13/h3-4,9,12,14-15,19-20H,1-2,5-8,10-11H2/t14-,15-/m0/s1. The first-order chi connectivity index (χ1) is 9.69. The van der Waals surface area contributed by atoms with E-state index < -0.39 is 5.60 Å². The van der Waals surface area contributed by atoms with E-state index in [4.69, 9.17) is 0 Å². The Balaban J connectivity index is 1.64. The van der Waals surface area contributed by atoms with Crippen LogP contribution in [0.3, 0.4) is 0 Å². The molecule has 2 heterocycles. The molecular formula is C16H24N2O2. The van der Waals surface area contributed by atoms with E-state index in [1.54, 1.807) is 12.4 Å². The molecule has 1 saturated heterocycles. The van der Waals surface area contributed by atoms with Gasteiger partial charge in [-0.2, -0.15) is 0 Å². The molecule has 1 aliphatic carbocycles. The summed E-state index contributed by atoms with van der Waals surface area (Å²) in [6.45, 7) is 1.71. The minimum Gasteiger partial charge on any atom is -0.391 e. The highest BCUT2D eigenvalue weighted by Gasteiger charge is 2.38. The fourth-order valence-electron chi connectivity index (χ4n) is 3.67. The van der Waals surface area contributed by atoms with Gasteiger partial charge in [0.05, 0.1) is 11.7 Å². The van der Waals surface area contributed by atoms with E-state index in [2.05, 4.69) is 9.88 Å². The van der Waals surface area contributed by atoms with E-state index >= 15 is 0 Å². The molecule has 0 bridgehead atoms. The van der Waals surface area contributed by atoms with E-state index in [-0.39, 0.29) is 6.10 Å². The maximum atomic E-state index is 10.8. The lowest BCUT2D eigenvalue weighted by atomic mass is 9.83. The summed E-state index contributed by atoms with van der Waals surface area (Å²) in [5.74, 6) is 0. The van der Waals surface area contributed by atoms with Gasteiger partial charge in [0.15, 0.2) is 0 Å². The van der Waals surface area contributed by atoms with Crippen LogP contribution in [0.2, 0.25) is 0 Å². The van der Waals surface area contributed by atoms with E-state index in [1.165, 1.54) is 6.42 Å². The van der Waals surface area contributed by atoms with Gasteiger partial charge in [-0.05, 0) is 31.7 Å². The Labute approximate surface area is 120 Å². The summed E-state index contributed by atoms with van der Waals surface area (Å²) in [6.07, 6.45) is 9.14. The number of aliphatic hydroxyl groups excluding tert-OH is 1. The first-order valence-electron chi connectivity index (χ1n) is 7.74. The summed E-state index contributed by atoms with van der Waals surface area (Å²) < 4.78 is 0. The van der Waals surface area contributed by atoms with Crippen LogP contribution >= 0.6 is 0 Å². The summed E-state index contributed by atoms with van der Waals surface area (Å²) in [7, 11) is 0. The molecular weight excluding hydrogens is 252 g/mol. The van der Waals surface area contributed by atoms with E-state index in [9.17, 15) is 10.2 Å². The number of hydrogen-bond donors (Lipinski definition) is 2. The van der Waals surface area contributed by atoms with Crippen molar-refractivity contribution < 1.29 is 10.2 Å². The van der Waals surface area contributed by atoms with Crippen molar-refractivity contribution in [2.45, 2.75) is 56.3 Å². The van der Waals surface area contributed by atoms with Gasteiger partial charge in [0.1, 0.15) is 0 Å². The highest BCUT2D eigenvalue weighted by atomic mass is 16.3. The van der Waals surface area contributed by atoms with Crippen LogP contribution in [-0.4, -0.2) is 45.3 Å². The summed E-state index contributed by atoms with van der Waals surface area (Å²) >= 11 is 0. The fraction of sp³-hybridized carbons (Fsp3) is 0.688. The zero-order valence-corrected chi connectivity index (χ0v) is 11.9. The topological polar surface area (TPSA) is 56.6 Å². The van der Waals surface area contributed by atoms with Crippen molar-refractivity contribution in [2.24, 2.45) is 0 Å². The molecule has 0 radical (unpaired) electrons. The Kier molecular flexibility index (Phi) is 4.06. The SMILES string of the molecule is O[C@H]1CCCC[C@@H]1N1CCC(O)(c2cccnc2)CC1. The van der Waals surface area contributed by atoms with Crippen LogP contribution in [0.15, 0.2) is 24.5 Å². The Morgan fingerprint density at radius 1 is 1.20 bits per heavy atom. The molecule has 0 amide bonds. The molecule has 1 aromatic heterocycles. The van der Waals surface area contributed by atoms with Gasteiger partial charge in [-0.3, -0.25) is 9.88 Å². The molecule has 2 atom stereocenters. The lowest BCUT2D eigenvalue weighted by Gasteiger charge is -2.44. The van der Waals surface area contributed by atoms with Crippen LogP contribution < -0.4 is 0 Å². The maximum absolute atomic E-state index is 10.8. The Morgan fingerprint density at radius 3 is 2.60 bits per heavy atom. The third-order valence-corrected chi connectivity index (χ3v) is 4.99. The summed E-state index contributed by atoms with van der Waals surface area (Å²) in [5, 5.41) is 20.9. The average Bonchev–Trinajstić information content (AvgIpc) is 2.50. The van der Waals surface area contributed by atoms with E-state index in [0.29, 0.717) is 6.04 Å². The molecule has 1 aliphatic heterocycles. The summed E-state index contributed by atoms with van der Waals surface area (Å²) in [6, 6.07) is 4.13. The molecule has 2 aliphatic rings. The number of piperidine rings is 1. The molecule has 0 aromatic carbocycles. The lowest BCUT2D eigenvalue weighted by Crippen LogP contribution is -2.51. The van der Waals surface area contributed by atoms with Crippen LogP contribution in [0.25, 0.3) is 0 Å². The van der Waals surface area contributed by atoms with E-state index in [0.717, 1.165) is 50.8 Å². The Hall–Kier alpha value is -0.970. The molecule has 4 heteroatoms. The molecule has 3 rings (SSSR count). The first-order valence-corrected chi connectivity index (χ1v) is 7.74. The van der Waals surface area contributed by atoms with Gasteiger partial charge >= 0.3 is 0 Å². The summed E-state index contributed by atoms with van der Waals surface area (Å²) in [5.41, 5.74) is 0.175. The molecule has 0 unspecified atom stereocenters. The van der Waals surface area contributed by atoms with Crippen molar-refractivity contribution in [3.8, 4) is 0 Å². The molecule has 110 valence electrons. The quantitative estimate of drug-likeness (QED) is 0.862. The maximum Gasteiger partial charge on any atom is 0.0935 e. The normalized spacial score (nSPS) is 31.1. The number of nitrogens with zero attached hydrogens (tertiary/aromatic N) is 2. The number of aromatic nitrogens is 1. The second kappa shape index (κ2) is 5.80. The largest absolute Gasteiger partial charge is 0.391 e. The van der Waals surface area contributed by atoms with Gasteiger partial charge in [-0.25, -0.2) is 0 Å². The van der Waals surface area contributed by atoms with Crippen LogP contribution in [0.5, 0.6) is 0 Å². The lowest BCUT2D eigenvalue weighted by molar-refractivity contribution is -0.0607. The minimum atomic E-state index is -0.746. The minimum absolute atomic E-state index is 0.187. The third kappa shape index (κ3) is 2.73. The zero-order chi connectivity index (χ0) is 14.0. The van der Waals surface area contributed by atoms with Crippen molar-refractivity contribution in [1.29, 1.82) is 0 Å². The fourth-order valence-corrected chi connectivity index (χ4v) is 3.67. The Morgan fingerprint density at radius 2 is 1.95 bits per heavy atom. The number of pyridine rings is 1. The second-order valence-electron chi connectivity index (χ2n) is 6.23. The highest BCUT2D eigenvalue weighted by Crippen LogP contribution is 2.35. The molecule has 2 N–H and O–H groups in total. The van der Waals surface area contributed by atoms with Crippen molar-refractivity contribution in [3.05, 3.63) is 30.1 Å². The average molecular weight is 276 g/mol. The van der Waals surface area contributed by atoms with Gasteiger partial charge in [0, 0.05) is 37.1 Å². The number of aliphatic hydroxyl groups is 2. The van der Waals surface area contributed by atoms with Gasteiger partial charge in [0.2, 0.25) is 0 Å². The van der Waals surface area contributed by atoms with Gasteiger partial charge in [-0.1, -0.05) is 18.9 Å². The highest BCUT2D eigenvalue weighted by molar-refractivity contribution is 5.19. The van der Waals surface area contributed by atoms with Gasteiger partial charge in [-0.15, -0.1) is 0 Å².